The summed E-state index contributed by atoms with van der Waals surface area (Å²) in [6, 6.07) is 3.52. The number of halogens is 3. The van der Waals surface area contributed by atoms with Gasteiger partial charge in [-0.15, -0.1) is 0 Å². The summed E-state index contributed by atoms with van der Waals surface area (Å²) >= 11 is 1.91. The first-order chi connectivity index (χ1) is 8.92. The Labute approximate surface area is 113 Å². The van der Waals surface area contributed by atoms with E-state index in [2.05, 4.69) is 22.0 Å². The summed E-state index contributed by atoms with van der Waals surface area (Å²) in [4.78, 5) is 3.85. The lowest BCUT2D eigenvalue weighted by atomic mass is 10.2. The molecule has 2 atom stereocenters. The van der Waals surface area contributed by atoms with E-state index in [9.17, 15) is 13.2 Å². The maximum absolute atomic E-state index is 12.0. The molecular weight excluding hydrogens is 277 g/mol. The van der Waals surface area contributed by atoms with Gasteiger partial charge in [0, 0.05) is 23.1 Å². The molecule has 2 rings (SSSR count). The summed E-state index contributed by atoms with van der Waals surface area (Å²) in [5.74, 6) is 1.02. The number of nitrogens with one attached hydrogen (secondary N) is 1. The highest BCUT2D eigenvalue weighted by atomic mass is 32.2. The molecule has 1 aromatic rings. The molecule has 2 heterocycles. The fourth-order valence-corrected chi connectivity index (χ4v) is 3.01. The third-order valence-electron chi connectivity index (χ3n) is 2.69. The molecule has 0 aromatic carbocycles. The lowest BCUT2D eigenvalue weighted by Crippen LogP contribution is -2.20. The highest BCUT2D eigenvalue weighted by molar-refractivity contribution is 8.00. The van der Waals surface area contributed by atoms with Gasteiger partial charge in [-0.3, -0.25) is 0 Å². The van der Waals surface area contributed by atoms with Crippen molar-refractivity contribution in [2.24, 2.45) is 0 Å². The Morgan fingerprint density at radius 3 is 2.79 bits per heavy atom. The minimum atomic E-state index is -4.34. The Morgan fingerprint density at radius 1 is 1.47 bits per heavy atom. The summed E-state index contributed by atoms with van der Waals surface area (Å²) in [6.45, 7) is 0.863. The molecule has 1 fully saturated rings. The number of nitrogens with zero attached hydrogens (tertiary/aromatic N) is 1. The zero-order valence-corrected chi connectivity index (χ0v) is 11.2. The highest BCUT2D eigenvalue weighted by Crippen LogP contribution is 2.28. The molecule has 3 nitrogen and oxygen atoms in total. The zero-order valence-electron chi connectivity index (χ0n) is 10.4. The molecule has 2 unspecified atom stereocenters. The number of ether oxygens (including phenoxy) is 1. The molecule has 1 N–H and O–H groups in total. The molecule has 1 aromatic heterocycles. The molecule has 0 saturated carbocycles. The Bertz CT molecular complexity index is 410. The molecule has 19 heavy (non-hydrogen) atoms. The van der Waals surface area contributed by atoms with Gasteiger partial charge in [0.25, 0.3) is 0 Å². The van der Waals surface area contributed by atoms with Gasteiger partial charge in [0.1, 0.15) is 0 Å². The third kappa shape index (κ3) is 4.81. The van der Waals surface area contributed by atoms with Crippen molar-refractivity contribution in [1.29, 1.82) is 0 Å². The lowest BCUT2D eigenvalue weighted by molar-refractivity contribution is -0.154. The first kappa shape index (κ1) is 14.3. The Morgan fingerprint density at radius 2 is 2.26 bits per heavy atom. The van der Waals surface area contributed by atoms with Gasteiger partial charge >= 0.3 is 6.18 Å². The van der Waals surface area contributed by atoms with E-state index in [0.717, 1.165) is 17.9 Å². The first-order valence-electron chi connectivity index (χ1n) is 5.96. The van der Waals surface area contributed by atoms with E-state index in [1.807, 2.05) is 11.8 Å². The average Bonchev–Trinajstić information content (AvgIpc) is 2.73. The third-order valence-corrected chi connectivity index (χ3v) is 4.05. The van der Waals surface area contributed by atoms with Gasteiger partial charge in [-0.1, -0.05) is 6.92 Å². The van der Waals surface area contributed by atoms with E-state index in [-0.39, 0.29) is 5.88 Å². The number of aromatic nitrogens is 1. The molecule has 0 bridgehead atoms. The number of hydrogen-bond acceptors (Lipinski definition) is 4. The van der Waals surface area contributed by atoms with Gasteiger partial charge in [0.15, 0.2) is 6.61 Å². The number of anilines is 1. The molecule has 1 saturated heterocycles. The van der Waals surface area contributed by atoms with Crippen molar-refractivity contribution in [3.63, 3.8) is 0 Å². The first-order valence-corrected chi connectivity index (χ1v) is 7.01. The van der Waals surface area contributed by atoms with Crippen LogP contribution in [-0.2, 0) is 0 Å². The van der Waals surface area contributed by atoms with Gasteiger partial charge in [0.05, 0.1) is 11.9 Å². The SMILES string of the molecule is CC1CC(Nc2ccc(OCC(F)(F)F)nc2)CS1. The molecule has 0 spiro atoms. The molecule has 7 heteroatoms. The van der Waals surface area contributed by atoms with E-state index >= 15 is 0 Å². The van der Waals surface area contributed by atoms with Crippen molar-refractivity contribution in [3.8, 4) is 5.88 Å². The number of thioether (sulfide) groups is 1. The molecule has 0 aliphatic carbocycles. The van der Waals surface area contributed by atoms with Crippen molar-refractivity contribution in [2.45, 2.75) is 30.8 Å². The van der Waals surface area contributed by atoms with Gasteiger partial charge in [-0.25, -0.2) is 4.98 Å². The zero-order chi connectivity index (χ0) is 13.9. The van der Waals surface area contributed by atoms with Crippen molar-refractivity contribution >= 4 is 17.4 Å². The smallest absolute Gasteiger partial charge is 0.422 e. The standard InChI is InChI=1S/C12H15F3N2OS/c1-8-4-10(6-19-8)17-9-2-3-11(16-5-9)18-7-12(13,14)15/h2-3,5,8,10,17H,4,6-7H2,1H3. The van der Waals surface area contributed by atoms with Crippen molar-refractivity contribution < 1.29 is 17.9 Å². The van der Waals surface area contributed by atoms with Crippen molar-refractivity contribution in [2.75, 3.05) is 17.7 Å². The number of pyridine rings is 1. The van der Waals surface area contributed by atoms with Crippen LogP contribution in [0.2, 0.25) is 0 Å². The Balaban J connectivity index is 1.84. The topological polar surface area (TPSA) is 34.1 Å². The summed E-state index contributed by atoms with van der Waals surface area (Å²) < 4.78 is 40.4. The van der Waals surface area contributed by atoms with Crippen LogP contribution in [0, 0.1) is 0 Å². The van der Waals surface area contributed by atoms with E-state index in [1.54, 1.807) is 6.07 Å². The number of alkyl halides is 3. The quantitative estimate of drug-likeness (QED) is 0.923. The van der Waals surface area contributed by atoms with Crippen LogP contribution in [0.4, 0.5) is 18.9 Å². The van der Waals surface area contributed by atoms with E-state index in [1.165, 1.54) is 12.3 Å². The summed E-state index contributed by atoms with van der Waals surface area (Å²) in [5, 5.41) is 3.95. The molecule has 106 valence electrons. The predicted molar refractivity (Wildman–Crippen MR) is 69.7 cm³/mol. The minimum absolute atomic E-state index is 0.0166. The van der Waals surface area contributed by atoms with Crippen LogP contribution in [0.25, 0.3) is 0 Å². The van der Waals surface area contributed by atoms with E-state index in [4.69, 9.17) is 0 Å². The number of rotatable bonds is 4. The maximum atomic E-state index is 12.0. The molecular formula is C12H15F3N2OS. The van der Waals surface area contributed by atoms with E-state index in [0.29, 0.717) is 11.3 Å². The average molecular weight is 292 g/mol. The van der Waals surface area contributed by atoms with Crippen LogP contribution in [0.5, 0.6) is 5.88 Å². The minimum Gasteiger partial charge on any atom is -0.468 e. The monoisotopic (exact) mass is 292 g/mol. The van der Waals surface area contributed by atoms with Gasteiger partial charge < -0.3 is 10.1 Å². The number of hydrogen-bond donors (Lipinski definition) is 1. The lowest BCUT2D eigenvalue weighted by Gasteiger charge is -2.13. The summed E-state index contributed by atoms with van der Waals surface area (Å²) in [7, 11) is 0. The van der Waals surface area contributed by atoms with E-state index < -0.39 is 12.8 Å². The molecule has 0 radical (unpaired) electrons. The van der Waals surface area contributed by atoms with Crippen LogP contribution in [0.3, 0.4) is 0 Å². The van der Waals surface area contributed by atoms with Crippen LogP contribution < -0.4 is 10.1 Å². The van der Waals surface area contributed by atoms with Crippen LogP contribution in [0.15, 0.2) is 18.3 Å². The summed E-state index contributed by atoms with van der Waals surface area (Å²) in [6.07, 6.45) is -1.76. The van der Waals surface area contributed by atoms with Crippen molar-refractivity contribution in [3.05, 3.63) is 18.3 Å². The predicted octanol–water partition coefficient (Wildman–Crippen LogP) is 3.33. The molecule has 0 amide bonds. The second-order valence-electron chi connectivity index (χ2n) is 4.51. The van der Waals surface area contributed by atoms with Crippen LogP contribution >= 0.6 is 11.8 Å². The Kier molecular flexibility index (Phi) is 4.44. The second kappa shape index (κ2) is 5.90. The van der Waals surface area contributed by atoms with Crippen LogP contribution in [-0.4, -0.2) is 34.8 Å². The van der Waals surface area contributed by atoms with Crippen molar-refractivity contribution in [1.82, 2.24) is 4.98 Å². The second-order valence-corrected chi connectivity index (χ2v) is 5.98. The largest absolute Gasteiger partial charge is 0.468 e. The van der Waals surface area contributed by atoms with Gasteiger partial charge in [-0.05, 0) is 12.5 Å². The summed E-state index contributed by atoms with van der Waals surface area (Å²) in [5.41, 5.74) is 0.805. The normalized spacial score (nSPS) is 23.4. The Hall–Kier alpha value is -1.11. The van der Waals surface area contributed by atoms with Gasteiger partial charge in [-0.2, -0.15) is 24.9 Å². The van der Waals surface area contributed by atoms with Gasteiger partial charge in [0.2, 0.25) is 5.88 Å². The fraction of sp³-hybridized carbons (Fsp3) is 0.583. The fourth-order valence-electron chi connectivity index (χ4n) is 1.86. The highest BCUT2D eigenvalue weighted by Gasteiger charge is 2.28. The maximum Gasteiger partial charge on any atom is 0.422 e. The molecule has 1 aliphatic rings. The van der Waals surface area contributed by atoms with Crippen LogP contribution in [0.1, 0.15) is 13.3 Å². The molecule has 1 aliphatic heterocycles.